The first-order valence-corrected chi connectivity index (χ1v) is 4.40. The fraction of sp³-hybridized carbons (Fsp3) is 0.167. The van der Waals surface area contributed by atoms with Crippen LogP contribution in [0.3, 0.4) is 0 Å². The molecule has 1 aromatic carbocycles. The molecule has 0 heterocycles. The first-order chi connectivity index (χ1) is 7.02. The lowest BCUT2D eigenvalue weighted by Gasteiger charge is -2.09. The molecule has 0 atom stereocenters. The fourth-order valence-electron chi connectivity index (χ4n) is 1.11. The average Bonchev–Trinajstić information content (AvgIpc) is 2.15. The lowest BCUT2D eigenvalue weighted by molar-refractivity contribution is 0.385. The number of rotatable bonds is 4. The molecule has 0 saturated carbocycles. The van der Waals surface area contributed by atoms with Crippen molar-refractivity contribution in [1.29, 1.82) is 0 Å². The minimum absolute atomic E-state index is 0.348. The highest BCUT2D eigenvalue weighted by molar-refractivity contribution is 5.59. The van der Waals surface area contributed by atoms with Gasteiger partial charge in [-0.2, -0.15) is 0 Å². The Balaban J connectivity index is 2.98. The smallest absolute Gasteiger partial charge is 0.127 e. The molecule has 0 N–H and O–H groups in total. The van der Waals surface area contributed by atoms with Gasteiger partial charge < -0.3 is 9.47 Å². The standard InChI is InChI=1S/C12H13FO2/c1-8(2)15-9(3)10-5-11(13)7-12(6-10)14-4/h5-7H,1,3H2,2,4H3. The predicted molar refractivity (Wildman–Crippen MR) is 57.9 cm³/mol. The maximum absolute atomic E-state index is 13.1. The second-order valence-electron chi connectivity index (χ2n) is 3.11. The van der Waals surface area contributed by atoms with Crippen LogP contribution in [0, 0.1) is 5.82 Å². The zero-order valence-electron chi connectivity index (χ0n) is 8.84. The maximum atomic E-state index is 13.1. The van der Waals surface area contributed by atoms with E-state index in [1.54, 1.807) is 13.0 Å². The van der Waals surface area contributed by atoms with Crippen LogP contribution in [0.4, 0.5) is 4.39 Å². The molecular formula is C12H13FO2. The largest absolute Gasteiger partial charge is 0.497 e. The predicted octanol–water partition coefficient (Wildman–Crippen LogP) is 3.36. The van der Waals surface area contributed by atoms with E-state index in [0.717, 1.165) is 0 Å². The summed E-state index contributed by atoms with van der Waals surface area (Å²) >= 11 is 0. The van der Waals surface area contributed by atoms with Crippen molar-refractivity contribution >= 4 is 5.76 Å². The zero-order chi connectivity index (χ0) is 11.4. The molecule has 0 fully saturated rings. The molecule has 0 radical (unpaired) electrons. The monoisotopic (exact) mass is 208 g/mol. The van der Waals surface area contributed by atoms with E-state index >= 15 is 0 Å². The van der Waals surface area contributed by atoms with Crippen molar-refractivity contribution in [3.8, 4) is 5.75 Å². The number of methoxy groups -OCH3 is 1. The van der Waals surface area contributed by atoms with Crippen molar-refractivity contribution in [3.63, 3.8) is 0 Å². The summed E-state index contributed by atoms with van der Waals surface area (Å²) in [6.45, 7) is 8.95. The number of ether oxygens (including phenoxy) is 2. The van der Waals surface area contributed by atoms with E-state index in [9.17, 15) is 4.39 Å². The van der Waals surface area contributed by atoms with Gasteiger partial charge in [-0.25, -0.2) is 4.39 Å². The second-order valence-corrected chi connectivity index (χ2v) is 3.11. The molecule has 0 bridgehead atoms. The number of hydrogen-bond acceptors (Lipinski definition) is 2. The molecule has 15 heavy (non-hydrogen) atoms. The number of allylic oxidation sites excluding steroid dienone is 1. The molecular weight excluding hydrogens is 195 g/mol. The molecule has 0 aliphatic carbocycles. The van der Waals surface area contributed by atoms with Gasteiger partial charge in [0.05, 0.1) is 12.9 Å². The van der Waals surface area contributed by atoms with E-state index in [1.807, 2.05) is 0 Å². The normalized spacial score (nSPS) is 9.53. The van der Waals surface area contributed by atoms with Crippen molar-refractivity contribution in [2.45, 2.75) is 6.92 Å². The molecule has 0 aromatic heterocycles. The van der Waals surface area contributed by atoms with Gasteiger partial charge in [-0.05, 0) is 19.1 Å². The van der Waals surface area contributed by atoms with Crippen LogP contribution in [0.25, 0.3) is 5.76 Å². The Hall–Kier alpha value is -1.77. The van der Waals surface area contributed by atoms with Gasteiger partial charge in [-0.3, -0.25) is 0 Å². The van der Waals surface area contributed by atoms with Gasteiger partial charge in [0.2, 0.25) is 0 Å². The van der Waals surface area contributed by atoms with Crippen molar-refractivity contribution in [3.05, 3.63) is 48.5 Å². The van der Waals surface area contributed by atoms with E-state index in [-0.39, 0.29) is 0 Å². The number of hydrogen-bond donors (Lipinski definition) is 0. The Bertz CT molecular complexity index is 397. The van der Waals surface area contributed by atoms with Gasteiger partial charge in [-0.1, -0.05) is 13.2 Å². The van der Waals surface area contributed by atoms with Crippen LogP contribution < -0.4 is 4.74 Å². The van der Waals surface area contributed by atoms with Crippen LogP contribution in [0.15, 0.2) is 37.1 Å². The third-order valence-electron chi connectivity index (χ3n) is 1.73. The topological polar surface area (TPSA) is 18.5 Å². The average molecular weight is 208 g/mol. The van der Waals surface area contributed by atoms with Gasteiger partial charge in [0, 0.05) is 11.6 Å². The van der Waals surface area contributed by atoms with Crippen LogP contribution in [0.5, 0.6) is 5.75 Å². The van der Waals surface area contributed by atoms with Crippen LogP contribution in [0.2, 0.25) is 0 Å². The summed E-state index contributed by atoms with van der Waals surface area (Å²) in [5, 5.41) is 0. The van der Waals surface area contributed by atoms with Gasteiger partial charge in [-0.15, -0.1) is 0 Å². The molecule has 1 rings (SSSR count). The molecule has 3 heteroatoms. The summed E-state index contributed by atoms with van der Waals surface area (Å²) in [6.07, 6.45) is 0. The molecule has 0 unspecified atom stereocenters. The summed E-state index contributed by atoms with van der Waals surface area (Å²) in [5.74, 6) is 0.885. The van der Waals surface area contributed by atoms with E-state index in [4.69, 9.17) is 9.47 Å². The minimum Gasteiger partial charge on any atom is -0.497 e. The third-order valence-corrected chi connectivity index (χ3v) is 1.73. The molecule has 0 amide bonds. The van der Waals surface area contributed by atoms with Gasteiger partial charge >= 0.3 is 0 Å². The maximum Gasteiger partial charge on any atom is 0.127 e. The van der Waals surface area contributed by atoms with E-state index in [1.165, 1.54) is 19.2 Å². The zero-order valence-corrected chi connectivity index (χ0v) is 8.84. The van der Waals surface area contributed by atoms with Crippen LogP contribution in [-0.2, 0) is 4.74 Å². The number of halogens is 1. The van der Waals surface area contributed by atoms with Crippen molar-refractivity contribution in [2.24, 2.45) is 0 Å². The van der Waals surface area contributed by atoms with E-state index in [2.05, 4.69) is 13.2 Å². The number of benzene rings is 1. The Morgan fingerprint density at radius 3 is 2.47 bits per heavy atom. The van der Waals surface area contributed by atoms with Gasteiger partial charge in [0.15, 0.2) is 0 Å². The summed E-state index contributed by atoms with van der Waals surface area (Å²) < 4.78 is 23.2. The summed E-state index contributed by atoms with van der Waals surface area (Å²) in [5.41, 5.74) is 0.537. The van der Waals surface area contributed by atoms with E-state index in [0.29, 0.717) is 22.8 Å². The Labute approximate surface area is 88.6 Å². The highest BCUT2D eigenvalue weighted by Crippen LogP contribution is 2.23. The molecule has 0 aliphatic heterocycles. The summed E-state index contributed by atoms with van der Waals surface area (Å²) in [6, 6.07) is 4.26. The Morgan fingerprint density at radius 1 is 1.27 bits per heavy atom. The summed E-state index contributed by atoms with van der Waals surface area (Å²) in [7, 11) is 1.47. The fourth-order valence-corrected chi connectivity index (χ4v) is 1.11. The first kappa shape index (κ1) is 11.3. The van der Waals surface area contributed by atoms with Gasteiger partial charge in [0.1, 0.15) is 17.3 Å². The molecule has 0 aliphatic rings. The third kappa shape index (κ3) is 3.13. The SMILES string of the molecule is C=C(C)OC(=C)c1cc(F)cc(OC)c1. The second kappa shape index (κ2) is 4.64. The molecule has 80 valence electrons. The highest BCUT2D eigenvalue weighted by Gasteiger charge is 2.05. The lowest BCUT2D eigenvalue weighted by atomic mass is 10.2. The molecule has 0 saturated heterocycles. The highest BCUT2D eigenvalue weighted by atomic mass is 19.1. The van der Waals surface area contributed by atoms with Crippen molar-refractivity contribution in [2.75, 3.05) is 7.11 Å². The Morgan fingerprint density at radius 2 is 1.93 bits per heavy atom. The Kier molecular flexibility index (Phi) is 3.50. The summed E-state index contributed by atoms with van der Waals surface area (Å²) in [4.78, 5) is 0. The molecule has 0 spiro atoms. The lowest BCUT2D eigenvalue weighted by Crippen LogP contribution is -1.92. The quantitative estimate of drug-likeness (QED) is 0.706. The van der Waals surface area contributed by atoms with Crippen LogP contribution >= 0.6 is 0 Å². The van der Waals surface area contributed by atoms with Crippen LogP contribution in [0.1, 0.15) is 12.5 Å². The van der Waals surface area contributed by atoms with Crippen LogP contribution in [-0.4, -0.2) is 7.11 Å². The minimum atomic E-state index is -0.393. The van der Waals surface area contributed by atoms with Gasteiger partial charge in [0.25, 0.3) is 0 Å². The van der Waals surface area contributed by atoms with Crippen molar-refractivity contribution < 1.29 is 13.9 Å². The van der Waals surface area contributed by atoms with Crippen molar-refractivity contribution in [1.82, 2.24) is 0 Å². The molecule has 2 nitrogen and oxygen atoms in total. The van der Waals surface area contributed by atoms with E-state index < -0.39 is 5.82 Å². The first-order valence-electron chi connectivity index (χ1n) is 4.40. The molecule has 1 aromatic rings.